The van der Waals surface area contributed by atoms with Crippen LogP contribution < -0.4 is 0 Å². The van der Waals surface area contributed by atoms with Crippen molar-refractivity contribution in [2.75, 3.05) is 25.6 Å². The lowest BCUT2D eigenvalue weighted by Gasteiger charge is -1.98. The van der Waals surface area contributed by atoms with Crippen molar-refractivity contribution in [1.82, 2.24) is 10.2 Å². The van der Waals surface area contributed by atoms with E-state index in [1.54, 1.807) is 11.3 Å². The Balaban J connectivity index is 1.72. The summed E-state index contributed by atoms with van der Waals surface area (Å²) in [7, 11) is 0. The summed E-state index contributed by atoms with van der Waals surface area (Å²) in [6, 6.07) is 4.05. The third kappa shape index (κ3) is 4.41. The second kappa shape index (κ2) is 7.52. The van der Waals surface area contributed by atoms with Crippen LogP contribution in [0.3, 0.4) is 0 Å². The van der Waals surface area contributed by atoms with Crippen LogP contribution in [0, 0.1) is 0 Å². The summed E-state index contributed by atoms with van der Waals surface area (Å²) in [4.78, 5) is 1.21. The summed E-state index contributed by atoms with van der Waals surface area (Å²) in [6.07, 6.45) is 0.687. The monoisotopic (exact) mass is 286 g/mol. The molecule has 0 atom stereocenters. The summed E-state index contributed by atoms with van der Waals surface area (Å²) in [5.41, 5.74) is 0. The van der Waals surface area contributed by atoms with Crippen LogP contribution in [-0.2, 0) is 11.2 Å². The quantitative estimate of drug-likeness (QED) is 0.590. The number of thioether (sulfide) groups is 1. The molecule has 18 heavy (non-hydrogen) atoms. The fourth-order valence-corrected chi connectivity index (χ4v) is 2.61. The van der Waals surface area contributed by atoms with Crippen molar-refractivity contribution in [3.63, 3.8) is 0 Å². The molecule has 1 N–H and O–H groups in total. The molecule has 98 valence electrons. The van der Waals surface area contributed by atoms with Crippen LogP contribution in [0.5, 0.6) is 0 Å². The van der Waals surface area contributed by atoms with Gasteiger partial charge in [-0.15, -0.1) is 21.5 Å². The number of hydrogen-bond donors (Lipinski definition) is 1. The molecule has 0 bridgehead atoms. The Morgan fingerprint density at radius 1 is 1.39 bits per heavy atom. The van der Waals surface area contributed by atoms with Crippen LogP contribution in [0.1, 0.15) is 10.8 Å². The highest BCUT2D eigenvalue weighted by Crippen LogP contribution is 2.19. The predicted molar refractivity (Wildman–Crippen MR) is 70.1 cm³/mol. The molecular weight excluding hydrogens is 272 g/mol. The molecule has 5 nitrogen and oxygen atoms in total. The van der Waals surface area contributed by atoms with Crippen LogP contribution >= 0.6 is 23.1 Å². The van der Waals surface area contributed by atoms with Crippen molar-refractivity contribution in [2.45, 2.75) is 11.6 Å². The maximum atomic E-state index is 8.54. The van der Waals surface area contributed by atoms with Crippen LogP contribution in [0.2, 0.25) is 0 Å². The number of hydrogen-bond acceptors (Lipinski definition) is 7. The van der Waals surface area contributed by atoms with Crippen molar-refractivity contribution in [3.05, 3.63) is 28.3 Å². The maximum absolute atomic E-state index is 8.54. The Labute approximate surface area is 113 Å². The van der Waals surface area contributed by atoms with Crippen LogP contribution in [0.4, 0.5) is 0 Å². The Morgan fingerprint density at radius 3 is 3.11 bits per heavy atom. The number of nitrogens with zero attached hydrogens (tertiary/aromatic N) is 2. The fourth-order valence-electron chi connectivity index (χ4n) is 1.28. The van der Waals surface area contributed by atoms with Gasteiger partial charge in [0.05, 0.1) is 26.2 Å². The zero-order chi connectivity index (χ0) is 12.6. The molecule has 2 aromatic heterocycles. The van der Waals surface area contributed by atoms with E-state index in [0.717, 1.165) is 5.75 Å². The van der Waals surface area contributed by atoms with Gasteiger partial charge in [-0.05, 0) is 11.4 Å². The zero-order valence-electron chi connectivity index (χ0n) is 9.74. The van der Waals surface area contributed by atoms with E-state index in [-0.39, 0.29) is 6.61 Å². The minimum absolute atomic E-state index is 0.0518. The third-order valence-electron chi connectivity index (χ3n) is 2.04. The molecule has 0 radical (unpaired) electrons. The van der Waals surface area contributed by atoms with Gasteiger partial charge in [-0.25, -0.2) is 0 Å². The van der Waals surface area contributed by atoms with E-state index in [0.29, 0.717) is 30.7 Å². The van der Waals surface area contributed by atoms with Crippen molar-refractivity contribution < 1.29 is 14.3 Å². The summed E-state index contributed by atoms with van der Waals surface area (Å²) in [5, 5.41) is 19.1. The molecule has 2 aromatic rings. The molecule has 0 fully saturated rings. The molecule has 0 aliphatic carbocycles. The maximum Gasteiger partial charge on any atom is 0.276 e. The lowest BCUT2D eigenvalue weighted by molar-refractivity contribution is 0.103. The SMILES string of the molecule is OCCOCCSc1nnc(Cc2cccs2)o1. The van der Waals surface area contributed by atoms with Gasteiger partial charge in [0, 0.05) is 10.6 Å². The lowest BCUT2D eigenvalue weighted by atomic mass is 10.3. The Hall–Kier alpha value is -0.890. The average Bonchev–Trinajstić information content (AvgIpc) is 3.02. The van der Waals surface area contributed by atoms with E-state index >= 15 is 0 Å². The van der Waals surface area contributed by atoms with Gasteiger partial charge < -0.3 is 14.3 Å². The predicted octanol–water partition coefficient (Wildman–Crippen LogP) is 1.82. The van der Waals surface area contributed by atoms with Gasteiger partial charge in [-0.1, -0.05) is 17.8 Å². The second-order valence-corrected chi connectivity index (χ2v) is 5.48. The van der Waals surface area contributed by atoms with E-state index in [2.05, 4.69) is 10.2 Å². The van der Waals surface area contributed by atoms with E-state index in [4.69, 9.17) is 14.3 Å². The van der Waals surface area contributed by atoms with Gasteiger partial charge in [0.1, 0.15) is 0 Å². The normalized spacial score (nSPS) is 10.9. The fraction of sp³-hybridized carbons (Fsp3) is 0.455. The molecule has 0 saturated heterocycles. The molecule has 0 aromatic carbocycles. The van der Waals surface area contributed by atoms with Crippen molar-refractivity contribution in [2.24, 2.45) is 0 Å². The first-order valence-electron chi connectivity index (χ1n) is 5.54. The molecule has 0 amide bonds. The summed E-state index contributed by atoms with van der Waals surface area (Å²) < 4.78 is 10.6. The lowest BCUT2D eigenvalue weighted by Crippen LogP contribution is -2.02. The summed E-state index contributed by atoms with van der Waals surface area (Å²) >= 11 is 3.14. The van der Waals surface area contributed by atoms with Gasteiger partial charge in [0.2, 0.25) is 5.89 Å². The highest BCUT2D eigenvalue weighted by molar-refractivity contribution is 7.99. The highest BCUT2D eigenvalue weighted by Gasteiger charge is 2.07. The first-order chi connectivity index (χ1) is 8.88. The van der Waals surface area contributed by atoms with Gasteiger partial charge >= 0.3 is 0 Å². The van der Waals surface area contributed by atoms with Gasteiger partial charge in [0.25, 0.3) is 5.22 Å². The first kappa shape index (κ1) is 13.5. The first-order valence-corrected chi connectivity index (χ1v) is 7.41. The van der Waals surface area contributed by atoms with Crippen molar-refractivity contribution in [3.8, 4) is 0 Å². The second-order valence-electron chi connectivity index (χ2n) is 3.40. The molecule has 2 rings (SSSR count). The van der Waals surface area contributed by atoms with Gasteiger partial charge in [-0.3, -0.25) is 0 Å². The largest absolute Gasteiger partial charge is 0.416 e. The van der Waals surface area contributed by atoms with Crippen molar-refractivity contribution in [1.29, 1.82) is 0 Å². The Kier molecular flexibility index (Phi) is 5.66. The van der Waals surface area contributed by atoms with Crippen LogP contribution in [0.25, 0.3) is 0 Å². The number of aromatic nitrogens is 2. The minimum Gasteiger partial charge on any atom is -0.416 e. The molecule has 0 saturated carbocycles. The van der Waals surface area contributed by atoms with Crippen LogP contribution in [0.15, 0.2) is 27.2 Å². The number of thiophene rings is 1. The average molecular weight is 286 g/mol. The number of ether oxygens (including phenoxy) is 1. The molecular formula is C11H14N2O3S2. The Bertz CT molecular complexity index is 445. The van der Waals surface area contributed by atoms with Gasteiger partial charge in [-0.2, -0.15) is 0 Å². The van der Waals surface area contributed by atoms with E-state index < -0.39 is 0 Å². The number of rotatable bonds is 8. The molecule has 0 aliphatic heterocycles. The smallest absolute Gasteiger partial charge is 0.276 e. The topological polar surface area (TPSA) is 68.4 Å². The van der Waals surface area contributed by atoms with Crippen molar-refractivity contribution >= 4 is 23.1 Å². The zero-order valence-corrected chi connectivity index (χ0v) is 11.4. The molecule has 0 unspecified atom stereocenters. The summed E-state index contributed by atoms with van der Waals surface area (Å²) in [5.74, 6) is 1.37. The van der Waals surface area contributed by atoms with E-state index in [1.807, 2.05) is 17.5 Å². The molecule has 2 heterocycles. The highest BCUT2D eigenvalue weighted by atomic mass is 32.2. The van der Waals surface area contributed by atoms with E-state index in [1.165, 1.54) is 16.6 Å². The molecule has 0 aliphatic rings. The number of aliphatic hydroxyl groups excluding tert-OH is 1. The van der Waals surface area contributed by atoms with E-state index in [9.17, 15) is 0 Å². The van der Waals surface area contributed by atoms with Gasteiger partial charge in [0.15, 0.2) is 0 Å². The van der Waals surface area contributed by atoms with Crippen LogP contribution in [-0.4, -0.2) is 40.9 Å². The molecule has 7 heteroatoms. The Morgan fingerprint density at radius 2 is 2.33 bits per heavy atom. The number of aliphatic hydroxyl groups is 1. The molecule has 0 spiro atoms. The third-order valence-corrected chi connectivity index (χ3v) is 3.70. The standard InChI is InChI=1S/C11H14N2O3S2/c14-3-4-15-5-7-18-11-13-12-10(16-11)8-9-2-1-6-17-9/h1-2,6,14H,3-5,7-8H2. The minimum atomic E-state index is 0.0518. The summed E-state index contributed by atoms with van der Waals surface area (Å²) in [6.45, 7) is 0.984.